The van der Waals surface area contributed by atoms with Crippen LogP contribution in [0.5, 0.6) is 0 Å². The van der Waals surface area contributed by atoms with Crippen molar-refractivity contribution in [2.45, 2.75) is 70.0 Å². The molecule has 1 aliphatic heterocycles. The number of ether oxygens (including phenoxy) is 6. The second-order valence-electron chi connectivity index (χ2n) is 11.1. The summed E-state index contributed by atoms with van der Waals surface area (Å²) in [7, 11) is 0. The van der Waals surface area contributed by atoms with Crippen LogP contribution in [0.15, 0.2) is 121 Å². The second-order valence-corrected chi connectivity index (χ2v) is 12.2. The average molecular weight is 723 g/mol. The summed E-state index contributed by atoms with van der Waals surface area (Å²) in [5.41, 5.74) is 4.31. The maximum atomic E-state index is 6.76. The van der Waals surface area contributed by atoms with Gasteiger partial charge in [-0.25, -0.2) is 0 Å². The highest BCUT2D eigenvalue weighted by Crippen LogP contribution is 2.32. The van der Waals surface area contributed by atoms with Gasteiger partial charge in [0.05, 0.1) is 33.0 Å². The lowest BCUT2D eigenvalue weighted by Crippen LogP contribution is -2.61. The number of hydrogen-bond acceptors (Lipinski definition) is 6. The van der Waals surface area contributed by atoms with Gasteiger partial charge in [-0.1, -0.05) is 144 Å². The van der Waals surface area contributed by atoms with Gasteiger partial charge in [-0.2, -0.15) is 0 Å². The summed E-state index contributed by atoms with van der Waals surface area (Å²) < 4.78 is 40.6. The molecule has 0 saturated carbocycles. The molecule has 0 aliphatic carbocycles. The van der Waals surface area contributed by atoms with Gasteiger partial charge in [0.1, 0.15) is 24.4 Å². The van der Waals surface area contributed by atoms with E-state index in [0.29, 0.717) is 39.6 Å². The van der Waals surface area contributed by atoms with Gasteiger partial charge < -0.3 is 28.4 Å². The Hall–Kier alpha value is -2.63. The van der Waals surface area contributed by atoms with Gasteiger partial charge in [-0.3, -0.25) is 0 Å². The lowest BCUT2D eigenvalue weighted by molar-refractivity contribution is -0.328. The molecule has 0 aromatic heterocycles. The number of rotatable bonds is 18. The van der Waals surface area contributed by atoms with Crippen molar-refractivity contribution in [2.75, 3.05) is 17.6 Å². The van der Waals surface area contributed by atoms with Gasteiger partial charge in [0.25, 0.3) is 0 Å². The van der Waals surface area contributed by atoms with Crippen molar-refractivity contribution >= 4 is 22.6 Å². The van der Waals surface area contributed by atoms with Gasteiger partial charge in [0.15, 0.2) is 6.29 Å². The van der Waals surface area contributed by atoms with Crippen molar-refractivity contribution in [2.24, 2.45) is 0 Å². The molecular weight excluding hydrogens is 679 g/mol. The Morgan fingerprint density at radius 1 is 0.489 bits per heavy atom. The Labute approximate surface area is 281 Å². The number of unbranched alkanes of at least 4 members (excludes halogenated alkanes) is 1. The molecular formula is C38H43IO6. The average Bonchev–Trinajstić information content (AvgIpc) is 3.10. The van der Waals surface area contributed by atoms with Gasteiger partial charge in [0, 0.05) is 6.61 Å². The minimum Gasteiger partial charge on any atom is -0.374 e. The molecule has 0 N–H and O–H groups in total. The zero-order chi connectivity index (χ0) is 30.9. The van der Waals surface area contributed by atoms with Crippen LogP contribution in [0, 0.1) is 0 Å². The standard InChI is InChI=1S/C38H43IO6/c39-23-13-14-24-41-38-37(44-28-33-21-11-4-12-22-33)36(43-27-32-19-9-3-10-20-32)35(42-26-31-17-7-2-8-18-31)34(45-38)29-40-25-30-15-5-1-6-16-30/h1-12,15-22,34-38H,13-14,23-29H2/t34-,35-,36+,37-,38+/m1/s1. The smallest absolute Gasteiger partial charge is 0.186 e. The fourth-order valence-corrected chi connectivity index (χ4v) is 5.82. The van der Waals surface area contributed by atoms with Crippen molar-refractivity contribution in [1.82, 2.24) is 0 Å². The van der Waals surface area contributed by atoms with Crippen molar-refractivity contribution < 1.29 is 28.4 Å². The van der Waals surface area contributed by atoms with E-state index < -0.39 is 30.7 Å². The van der Waals surface area contributed by atoms with E-state index in [9.17, 15) is 0 Å². The SMILES string of the molecule is ICCCCO[C@H]1O[C@H](COCc2ccccc2)[C@@H](OCc2ccccc2)[C@H](OCc2ccccc2)[C@H]1OCc1ccccc1. The molecule has 45 heavy (non-hydrogen) atoms. The zero-order valence-corrected chi connectivity index (χ0v) is 27.8. The third-order valence-corrected chi connectivity index (χ3v) is 8.41. The Morgan fingerprint density at radius 2 is 0.933 bits per heavy atom. The Kier molecular flexibility index (Phi) is 14.3. The van der Waals surface area contributed by atoms with Gasteiger partial charge in [-0.15, -0.1) is 0 Å². The number of hydrogen-bond donors (Lipinski definition) is 0. The largest absolute Gasteiger partial charge is 0.374 e. The molecule has 4 aromatic carbocycles. The van der Waals surface area contributed by atoms with E-state index >= 15 is 0 Å². The molecule has 4 aromatic rings. The zero-order valence-electron chi connectivity index (χ0n) is 25.6. The lowest BCUT2D eigenvalue weighted by Gasteiger charge is -2.46. The predicted octanol–water partition coefficient (Wildman–Crippen LogP) is 7.92. The molecule has 238 valence electrons. The van der Waals surface area contributed by atoms with Crippen LogP contribution in [-0.4, -0.2) is 48.3 Å². The molecule has 0 unspecified atom stereocenters. The first-order chi connectivity index (χ1) is 22.3. The van der Waals surface area contributed by atoms with Gasteiger partial charge in [-0.05, 0) is 39.5 Å². The molecule has 0 bridgehead atoms. The minimum atomic E-state index is -0.648. The maximum Gasteiger partial charge on any atom is 0.186 e. The van der Waals surface area contributed by atoms with E-state index in [1.165, 1.54) is 0 Å². The first-order valence-corrected chi connectivity index (χ1v) is 17.2. The second kappa shape index (κ2) is 19.1. The quantitative estimate of drug-likeness (QED) is 0.0592. The Bertz CT molecular complexity index is 1330. The topological polar surface area (TPSA) is 55.4 Å². The Morgan fingerprint density at radius 3 is 1.42 bits per heavy atom. The first kappa shape index (κ1) is 33.7. The molecule has 1 fully saturated rings. The highest BCUT2D eigenvalue weighted by molar-refractivity contribution is 14.1. The highest BCUT2D eigenvalue weighted by atomic mass is 127. The molecule has 6 nitrogen and oxygen atoms in total. The monoisotopic (exact) mass is 722 g/mol. The summed E-state index contributed by atoms with van der Waals surface area (Å²) in [5.74, 6) is 0. The normalized spacial score (nSPS) is 21.5. The van der Waals surface area contributed by atoms with Crippen LogP contribution in [0.25, 0.3) is 0 Å². The van der Waals surface area contributed by atoms with Crippen LogP contribution in [0.4, 0.5) is 0 Å². The summed E-state index contributed by atoms with van der Waals surface area (Å²) in [4.78, 5) is 0. The third-order valence-electron chi connectivity index (χ3n) is 7.65. The van der Waals surface area contributed by atoms with Gasteiger partial charge >= 0.3 is 0 Å². The molecule has 7 heteroatoms. The van der Waals surface area contributed by atoms with Crippen LogP contribution < -0.4 is 0 Å². The van der Waals surface area contributed by atoms with Crippen molar-refractivity contribution in [3.05, 3.63) is 144 Å². The number of halogens is 1. The van der Waals surface area contributed by atoms with Crippen LogP contribution >= 0.6 is 22.6 Å². The minimum absolute atomic E-state index is 0.318. The van der Waals surface area contributed by atoms with Gasteiger partial charge in [0.2, 0.25) is 0 Å². The molecule has 5 atom stereocenters. The summed E-state index contributed by atoms with van der Waals surface area (Å²) in [6, 6.07) is 40.7. The van der Waals surface area contributed by atoms with E-state index in [1.54, 1.807) is 0 Å². The summed E-state index contributed by atoms with van der Waals surface area (Å²) in [5, 5.41) is 0. The summed E-state index contributed by atoms with van der Waals surface area (Å²) in [6.45, 7) is 2.56. The lowest BCUT2D eigenvalue weighted by atomic mass is 9.97. The molecule has 1 aliphatic rings. The van der Waals surface area contributed by atoms with E-state index in [1.807, 2.05) is 72.8 Å². The van der Waals surface area contributed by atoms with E-state index in [-0.39, 0.29) is 0 Å². The molecule has 5 rings (SSSR count). The van der Waals surface area contributed by atoms with E-state index in [4.69, 9.17) is 28.4 Å². The van der Waals surface area contributed by atoms with Crippen molar-refractivity contribution in [3.63, 3.8) is 0 Å². The van der Waals surface area contributed by atoms with Crippen LogP contribution in [0.3, 0.4) is 0 Å². The first-order valence-electron chi connectivity index (χ1n) is 15.7. The molecule has 1 saturated heterocycles. The number of alkyl halides is 1. The fourth-order valence-electron chi connectivity index (χ4n) is 5.28. The summed E-state index contributed by atoms with van der Waals surface area (Å²) >= 11 is 2.40. The van der Waals surface area contributed by atoms with Crippen molar-refractivity contribution in [1.29, 1.82) is 0 Å². The molecule has 1 heterocycles. The van der Waals surface area contributed by atoms with Crippen LogP contribution in [0.1, 0.15) is 35.1 Å². The highest BCUT2D eigenvalue weighted by Gasteiger charge is 2.49. The molecule has 0 amide bonds. The van der Waals surface area contributed by atoms with Crippen molar-refractivity contribution in [3.8, 4) is 0 Å². The predicted molar refractivity (Wildman–Crippen MR) is 184 cm³/mol. The third kappa shape index (κ3) is 11.0. The maximum absolute atomic E-state index is 6.76. The van der Waals surface area contributed by atoms with Crippen LogP contribution in [-0.2, 0) is 54.8 Å². The molecule has 0 radical (unpaired) electrons. The van der Waals surface area contributed by atoms with E-state index in [2.05, 4.69) is 71.1 Å². The fraction of sp³-hybridized carbons (Fsp3) is 0.368. The number of benzene rings is 4. The Balaban J connectivity index is 1.41. The summed E-state index contributed by atoms with van der Waals surface area (Å²) in [6.07, 6.45) is -0.559. The van der Waals surface area contributed by atoms with E-state index in [0.717, 1.165) is 39.5 Å². The molecule has 0 spiro atoms. The van der Waals surface area contributed by atoms with Crippen LogP contribution in [0.2, 0.25) is 0 Å².